The number of anilines is 1. The minimum atomic E-state index is 0.146. The zero-order valence-electron chi connectivity index (χ0n) is 10.5. The van der Waals surface area contributed by atoms with E-state index in [0.717, 1.165) is 0 Å². The summed E-state index contributed by atoms with van der Waals surface area (Å²) in [5.41, 5.74) is 5.46. The maximum Gasteiger partial charge on any atom is 0.147 e. The molecule has 0 atom stereocenters. The maximum absolute atomic E-state index is 8.55. The molecular weight excluding hydrogens is 291 g/mol. The number of methoxy groups -OCH3 is 1. The third-order valence-corrected chi connectivity index (χ3v) is 2.90. The van der Waals surface area contributed by atoms with Crippen molar-refractivity contribution >= 4 is 34.9 Å². The number of nitrogens with zero attached hydrogens (tertiary/aromatic N) is 3. The van der Waals surface area contributed by atoms with Crippen molar-refractivity contribution in [2.45, 2.75) is 6.42 Å². The summed E-state index contributed by atoms with van der Waals surface area (Å²) in [6.45, 7) is 1.61. The molecule has 19 heavy (non-hydrogen) atoms. The molecule has 1 aromatic heterocycles. The summed E-state index contributed by atoms with van der Waals surface area (Å²) in [5, 5.41) is 12.4. The molecule has 0 spiro atoms. The minimum absolute atomic E-state index is 0.146. The Kier molecular flexibility index (Phi) is 6.69. The number of hydrogen-bond acceptors (Lipinski definition) is 5. The van der Waals surface area contributed by atoms with E-state index in [0.29, 0.717) is 42.0 Å². The Bertz CT molecular complexity index is 443. The Morgan fingerprint density at radius 3 is 2.84 bits per heavy atom. The third-order valence-electron chi connectivity index (χ3n) is 2.42. The number of ether oxygens (including phenoxy) is 1. The normalized spacial score (nSPS) is 11.6. The van der Waals surface area contributed by atoms with Crippen LogP contribution in [0.3, 0.4) is 0 Å². The molecule has 0 aromatic carbocycles. The second-order valence-corrected chi connectivity index (χ2v) is 4.62. The SMILES string of the molecule is COCCN(CC/C(N)=N/O)c1ncc(Cl)cc1Cl. The molecule has 0 aliphatic heterocycles. The average Bonchev–Trinajstić information content (AvgIpc) is 2.39. The molecule has 1 aromatic rings. The van der Waals surface area contributed by atoms with Gasteiger partial charge in [-0.1, -0.05) is 28.4 Å². The number of aromatic nitrogens is 1. The first-order valence-electron chi connectivity index (χ1n) is 5.59. The van der Waals surface area contributed by atoms with Crippen molar-refractivity contribution < 1.29 is 9.94 Å². The second kappa shape index (κ2) is 8.04. The van der Waals surface area contributed by atoms with Gasteiger partial charge in [-0.3, -0.25) is 0 Å². The van der Waals surface area contributed by atoms with Crippen molar-refractivity contribution in [3.05, 3.63) is 22.3 Å². The van der Waals surface area contributed by atoms with Gasteiger partial charge in [-0.05, 0) is 6.07 Å². The molecule has 1 heterocycles. The van der Waals surface area contributed by atoms with Gasteiger partial charge in [0.15, 0.2) is 0 Å². The summed E-state index contributed by atoms with van der Waals surface area (Å²) in [4.78, 5) is 6.09. The van der Waals surface area contributed by atoms with Crippen molar-refractivity contribution in [2.24, 2.45) is 10.9 Å². The molecule has 0 bridgehead atoms. The van der Waals surface area contributed by atoms with Gasteiger partial charge in [0.25, 0.3) is 0 Å². The van der Waals surface area contributed by atoms with Gasteiger partial charge >= 0.3 is 0 Å². The zero-order chi connectivity index (χ0) is 14.3. The predicted molar refractivity (Wildman–Crippen MR) is 76.4 cm³/mol. The van der Waals surface area contributed by atoms with E-state index in [2.05, 4.69) is 10.1 Å². The Hall–Kier alpha value is -1.24. The topological polar surface area (TPSA) is 84.0 Å². The second-order valence-electron chi connectivity index (χ2n) is 3.78. The molecule has 0 radical (unpaired) electrons. The molecule has 3 N–H and O–H groups in total. The molecule has 0 fully saturated rings. The van der Waals surface area contributed by atoms with Crippen LogP contribution in [-0.4, -0.2) is 42.8 Å². The van der Waals surface area contributed by atoms with E-state index < -0.39 is 0 Å². The lowest BCUT2D eigenvalue weighted by Gasteiger charge is -2.24. The number of oxime groups is 1. The van der Waals surface area contributed by atoms with Crippen LogP contribution in [0.2, 0.25) is 10.0 Å². The van der Waals surface area contributed by atoms with E-state index in [9.17, 15) is 0 Å². The van der Waals surface area contributed by atoms with Crippen molar-refractivity contribution in [3.63, 3.8) is 0 Å². The zero-order valence-corrected chi connectivity index (χ0v) is 12.0. The van der Waals surface area contributed by atoms with Crippen LogP contribution >= 0.6 is 23.2 Å². The van der Waals surface area contributed by atoms with Gasteiger partial charge in [-0.2, -0.15) is 0 Å². The van der Waals surface area contributed by atoms with E-state index >= 15 is 0 Å². The molecule has 0 aliphatic carbocycles. The first kappa shape index (κ1) is 15.8. The van der Waals surface area contributed by atoms with Gasteiger partial charge in [-0.25, -0.2) is 4.98 Å². The summed E-state index contributed by atoms with van der Waals surface area (Å²) in [7, 11) is 1.61. The van der Waals surface area contributed by atoms with Crippen LogP contribution in [0.15, 0.2) is 17.4 Å². The molecule has 0 saturated heterocycles. The van der Waals surface area contributed by atoms with Gasteiger partial charge in [0.05, 0.1) is 16.7 Å². The smallest absolute Gasteiger partial charge is 0.147 e. The van der Waals surface area contributed by atoms with Crippen molar-refractivity contribution in [1.82, 2.24) is 4.98 Å². The highest BCUT2D eigenvalue weighted by atomic mass is 35.5. The first-order chi connectivity index (χ1) is 9.08. The summed E-state index contributed by atoms with van der Waals surface area (Å²) in [6, 6.07) is 1.62. The quantitative estimate of drug-likeness (QED) is 0.348. The number of rotatable bonds is 7. The van der Waals surface area contributed by atoms with E-state index in [1.54, 1.807) is 13.2 Å². The summed E-state index contributed by atoms with van der Waals surface area (Å²) >= 11 is 11.9. The van der Waals surface area contributed by atoms with Gasteiger partial charge in [-0.15, -0.1) is 0 Å². The van der Waals surface area contributed by atoms with Crippen LogP contribution in [0.5, 0.6) is 0 Å². The van der Waals surface area contributed by atoms with Crippen molar-refractivity contribution in [2.75, 3.05) is 31.7 Å². The van der Waals surface area contributed by atoms with E-state index in [4.69, 9.17) is 38.9 Å². The molecule has 8 heteroatoms. The monoisotopic (exact) mass is 306 g/mol. The average molecular weight is 307 g/mol. The number of hydrogen-bond donors (Lipinski definition) is 2. The first-order valence-corrected chi connectivity index (χ1v) is 6.35. The molecule has 6 nitrogen and oxygen atoms in total. The molecule has 106 valence electrons. The lowest BCUT2D eigenvalue weighted by molar-refractivity contribution is 0.205. The standard InChI is InChI=1S/C11H16Cl2N4O2/c1-19-5-4-17(3-2-10(14)16-18)11-9(13)6-8(12)7-15-11/h6-7,18H,2-5H2,1H3,(H2,14,16). The minimum Gasteiger partial charge on any atom is -0.409 e. The number of pyridine rings is 1. The van der Waals surface area contributed by atoms with E-state index in [1.165, 1.54) is 6.20 Å². The summed E-state index contributed by atoms with van der Waals surface area (Å²) in [6.07, 6.45) is 1.91. The van der Waals surface area contributed by atoms with Crippen LogP contribution in [0, 0.1) is 0 Å². The number of amidine groups is 1. The lowest BCUT2D eigenvalue weighted by Crippen LogP contribution is -2.32. The Morgan fingerprint density at radius 2 is 2.26 bits per heavy atom. The van der Waals surface area contributed by atoms with Crippen molar-refractivity contribution in [1.29, 1.82) is 0 Å². The molecule has 0 unspecified atom stereocenters. The van der Waals surface area contributed by atoms with Crippen LogP contribution in [0.4, 0.5) is 5.82 Å². The molecule has 1 rings (SSSR count). The fourth-order valence-corrected chi connectivity index (χ4v) is 1.96. The summed E-state index contributed by atoms with van der Waals surface area (Å²) < 4.78 is 5.04. The predicted octanol–water partition coefficient (Wildman–Crippen LogP) is 1.98. The highest BCUT2D eigenvalue weighted by Gasteiger charge is 2.13. The Balaban J connectivity index is 2.82. The van der Waals surface area contributed by atoms with E-state index in [-0.39, 0.29) is 5.84 Å². The number of nitrogens with two attached hydrogens (primary N) is 1. The Morgan fingerprint density at radius 1 is 1.53 bits per heavy atom. The van der Waals surface area contributed by atoms with Gasteiger partial charge < -0.3 is 20.6 Å². The number of halogens is 2. The lowest BCUT2D eigenvalue weighted by atomic mass is 10.3. The molecular formula is C11H16Cl2N4O2. The molecule has 0 saturated carbocycles. The van der Waals surface area contributed by atoms with Gasteiger partial charge in [0.2, 0.25) is 0 Å². The highest BCUT2D eigenvalue weighted by molar-refractivity contribution is 6.36. The Labute approximate surface area is 121 Å². The van der Waals surface area contributed by atoms with Crippen LogP contribution in [-0.2, 0) is 4.74 Å². The maximum atomic E-state index is 8.55. The highest BCUT2D eigenvalue weighted by Crippen LogP contribution is 2.26. The van der Waals surface area contributed by atoms with E-state index in [1.807, 2.05) is 4.90 Å². The summed E-state index contributed by atoms with van der Waals surface area (Å²) in [5.74, 6) is 0.737. The van der Waals surface area contributed by atoms with Crippen LogP contribution < -0.4 is 10.6 Å². The van der Waals surface area contributed by atoms with Gasteiger partial charge in [0.1, 0.15) is 11.7 Å². The van der Waals surface area contributed by atoms with Crippen molar-refractivity contribution in [3.8, 4) is 0 Å². The molecule has 0 aliphatic rings. The fourth-order valence-electron chi connectivity index (χ4n) is 1.46. The third kappa shape index (κ3) is 5.10. The van der Waals surface area contributed by atoms with Crippen LogP contribution in [0.1, 0.15) is 6.42 Å². The fraction of sp³-hybridized carbons (Fsp3) is 0.455. The largest absolute Gasteiger partial charge is 0.409 e. The molecule has 0 amide bonds. The van der Waals surface area contributed by atoms with Crippen LogP contribution in [0.25, 0.3) is 0 Å². The van der Waals surface area contributed by atoms with Gasteiger partial charge in [0, 0.05) is 32.8 Å².